The van der Waals surface area contributed by atoms with E-state index in [4.69, 9.17) is 0 Å². The molecule has 4 unspecified atom stereocenters. The lowest BCUT2D eigenvalue weighted by molar-refractivity contribution is 0.331. The van der Waals surface area contributed by atoms with Crippen LogP contribution < -0.4 is 0 Å². The van der Waals surface area contributed by atoms with E-state index in [0.717, 1.165) is 22.3 Å². The lowest BCUT2D eigenvalue weighted by atomic mass is 9.84. The molecule has 0 aromatic heterocycles. The van der Waals surface area contributed by atoms with Crippen LogP contribution >= 0.6 is 11.8 Å². The summed E-state index contributed by atoms with van der Waals surface area (Å²) >= 11 is 2.28. The summed E-state index contributed by atoms with van der Waals surface area (Å²) in [4.78, 5) is 0. The predicted octanol–water partition coefficient (Wildman–Crippen LogP) is 6.29. The monoisotopic (exact) mass is 270 g/mol. The van der Waals surface area contributed by atoms with Gasteiger partial charge in [-0.2, -0.15) is 11.8 Å². The van der Waals surface area contributed by atoms with Gasteiger partial charge in [0.15, 0.2) is 0 Å². The zero-order chi connectivity index (χ0) is 13.4. The van der Waals surface area contributed by atoms with Crippen molar-refractivity contribution in [2.24, 2.45) is 11.8 Å². The highest BCUT2D eigenvalue weighted by Crippen LogP contribution is 2.46. The van der Waals surface area contributed by atoms with Gasteiger partial charge in [-0.3, -0.25) is 0 Å². The van der Waals surface area contributed by atoms with Gasteiger partial charge in [-0.05, 0) is 24.7 Å². The van der Waals surface area contributed by atoms with Crippen LogP contribution in [0.25, 0.3) is 0 Å². The highest BCUT2D eigenvalue weighted by molar-refractivity contribution is 8.00. The van der Waals surface area contributed by atoms with Gasteiger partial charge in [-0.25, -0.2) is 0 Å². The fourth-order valence-corrected chi connectivity index (χ4v) is 5.44. The third-order valence-corrected chi connectivity index (χ3v) is 6.51. The smallest absolute Gasteiger partial charge is 0.00784 e. The Morgan fingerprint density at radius 1 is 0.778 bits per heavy atom. The summed E-state index contributed by atoms with van der Waals surface area (Å²) in [5.41, 5.74) is 0. The van der Waals surface area contributed by atoms with E-state index in [1.165, 1.54) is 57.8 Å². The van der Waals surface area contributed by atoms with E-state index < -0.39 is 0 Å². The van der Waals surface area contributed by atoms with Crippen molar-refractivity contribution in [3.63, 3.8) is 0 Å². The molecule has 0 bridgehead atoms. The van der Waals surface area contributed by atoms with Gasteiger partial charge in [0.1, 0.15) is 0 Å². The molecular weight excluding hydrogens is 236 g/mol. The topological polar surface area (TPSA) is 0 Å². The normalized spacial score (nSPS) is 32.0. The molecule has 4 atom stereocenters. The van der Waals surface area contributed by atoms with Crippen molar-refractivity contribution in [3.05, 3.63) is 0 Å². The minimum Gasteiger partial charge on any atom is -0.155 e. The fourth-order valence-electron chi connectivity index (χ4n) is 3.48. The van der Waals surface area contributed by atoms with Crippen molar-refractivity contribution >= 4 is 11.8 Å². The molecule has 0 N–H and O–H groups in total. The maximum Gasteiger partial charge on any atom is 0.00784 e. The molecule has 0 aromatic rings. The first-order valence-electron chi connectivity index (χ1n) is 8.36. The quantitative estimate of drug-likeness (QED) is 0.443. The van der Waals surface area contributed by atoms with Gasteiger partial charge in [-0.1, -0.05) is 72.6 Å². The van der Waals surface area contributed by atoms with Crippen LogP contribution in [0.1, 0.15) is 85.5 Å². The summed E-state index contributed by atoms with van der Waals surface area (Å²) in [6, 6.07) is 0. The van der Waals surface area contributed by atoms with Crippen molar-refractivity contribution in [3.8, 4) is 0 Å². The molecule has 0 aliphatic carbocycles. The Morgan fingerprint density at radius 2 is 1.44 bits per heavy atom. The molecule has 108 valence electrons. The second-order valence-corrected chi connectivity index (χ2v) is 7.87. The molecule has 1 fully saturated rings. The first kappa shape index (κ1) is 16.4. The van der Waals surface area contributed by atoms with Crippen molar-refractivity contribution in [1.29, 1.82) is 0 Å². The van der Waals surface area contributed by atoms with Crippen LogP contribution in [0, 0.1) is 11.8 Å². The molecule has 0 nitrogen and oxygen atoms in total. The Labute approximate surface area is 120 Å². The second kappa shape index (κ2) is 9.28. The molecule has 1 saturated heterocycles. The summed E-state index contributed by atoms with van der Waals surface area (Å²) < 4.78 is 0. The predicted molar refractivity (Wildman–Crippen MR) is 86.4 cm³/mol. The van der Waals surface area contributed by atoms with E-state index in [1.807, 2.05) is 0 Å². The second-order valence-electron chi connectivity index (χ2n) is 6.25. The van der Waals surface area contributed by atoms with Gasteiger partial charge in [0.05, 0.1) is 0 Å². The molecular formula is C17H34S. The molecule has 1 rings (SSSR count). The molecule has 0 amide bonds. The molecule has 1 heteroatoms. The highest BCUT2D eigenvalue weighted by atomic mass is 32.2. The van der Waals surface area contributed by atoms with Crippen LogP contribution in [-0.4, -0.2) is 10.5 Å². The van der Waals surface area contributed by atoms with Crippen molar-refractivity contribution in [2.75, 3.05) is 0 Å². The van der Waals surface area contributed by atoms with E-state index in [9.17, 15) is 0 Å². The Balaban J connectivity index is 2.17. The maximum atomic E-state index is 2.51. The lowest BCUT2D eigenvalue weighted by Crippen LogP contribution is -2.18. The van der Waals surface area contributed by atoms with E-state index in [0.29, 0.717) is 0 Å². The number of hydrogen-bond donors (Lipinski definition) is 0. The summed E-state index contributed by atoms with van der Waals surface area (Å²) in [6.07, 6.45) is 13.0. The standard InChI is InChI=1S/C17H34S/c1-5-7-8-9-10-11-13-16-14(3)17(12-6-2)18-15(16)4/h14-17H,5-13H2,1-4H3. The fraction of sp³-hybridized carbons (Fsp3) is 1.00. The van der Waals surface area contributed by atoms with Crippen LogP contribution in [-0.2, 0) is 0 Å². The Morgan fingerprint density at radius 3 is 2.11 bits per heavy atom. The van der Waals surface area contributed by atoms with E-state index in [1.54, 1.807) is 0 Å². The molecule has 1 heterocycles. The molecule has 18 heavy (non-hydrogen) atoms. The van der Waals surface area contributed by atoms with Crippen molar-refractivity contribution in [2.45, 2.75) is 96.0 Å². The van der Waals surface area contributed by atoms with Gasteiger partial charge in [0, 0.05) is 10.5 Å². The molecule has 0 saturated carbocycles. The molecule has 0 radical (unpaired) electrons. The average Bonchev–Trinajstić information content (AvgIpc) is 2.61. The minimum absolute atomic E-state index is 0.909. The van der Waals surface area contributed by atoms with Crippen molar-refractivity contribution < 1.29 is 0 Å². The van der Waals surface area contributed by atoms with Crippen LogP contribution in [0.15, 0.2) is 0 Å². The molecule has 0 aromatic carbocycles. The SMILES string of the molecule is CCCCCCCCC1C(C)SC(CCC)C1C. The Bertz CT molecular complexity index is 202. The number of unbranched alkanes of at least 4 members (excludes halogenated alkanes) is 5. The number of hydrogen-bond acceptors (Lipinski definition) is 1. The van der Waals surface area contributed by atoms with Crippen LogP contribution in [0.4, 0.5) is 0 Å². The zero-order valence-corrected chi connectivity index (χ0v) is 13.9. The molecule has 1 aliphatic heterocycles. The third-order valence-electron chi connectivity index (χ3n) is 4.72. The van der Waals surface area contributed by atoms with Crippen molar-refractivity contribution in [1.82, 2.24) is 0 Å². The van der Waals surface area contributed by atoms with E-state index in [2.05, 4.69) is 39.5 Å². The van der Waals surface area contributed by atoms with Gasteiger partial charge < -0.3 is 0 Å². The number of thioether (sulfide) groups is 1. The van der Waals surface area contributed by atoms with Gasteiger partial charge in [0.25, 0.3) is 0 Å². The first-order valence-corrected chi connectivity index (χ1v) is 9.30. The summed E-state index contributed by atoms with van der Waals surface area (Å²) in [5.74, 6) is 1.96. The van der Waals surface area contributed by atoms with Crippen LogP contribution in [0.5, 0.6) is 0 Å². The molecule has 1 aliphatic rings. The summed E-state index contributed by atoms with van der Waals surface area (Å²) in [6.45, 7) is 9.61. The lowest BCUT2D eigenvalue weighted by Gasteiger charge is -2.20. The zero-order valence-electron chi connectivity index (χ0n) is 13.1. The Hall–Kier alpha value is 0.350. The van der Waals surface area contributed by atoms with E-state index >= 15 is 0 Å². The van der Waals surface area contributed by atoms with Crippen LogP contribution in [0.3, 0.4) is 0 Å². The minimum atomic E-state index is 0.909. The van der Waals surface area contributed by atoms with Gasteiger partial charge in [-0.15, -0.1) is 0 Å². The third kappa shape index (κ3) is 5.15. The summed E-state index contributed by atoms with van der Waals surface area (Å²) in [7, 11) is 0. The van der Waals surface area contributed by atoms with E-state index in [-0.39, 0.29) is 0 Å². The molecule has 0 spiro atoms. The van der Waals surface area contributed by atoms with Crippen LogP contribution in [0.2, 0.25) is 0 Å². The first-order chi connectivity index (χ1) is 8.70. The average molecular weight is 271 g/mol. The van der Waals surface area contributed by atoms with Gasteiger partial charge in [0.2, 0.25) is 0 Å². The number of rotatable bonds is 9. The largest absolute Gasteiger partial charge is 0.155 e. The maximum absolute atomic E-state index is 2.51. The summed E-state index contributed by atoms with van der Waals surface area (Å²) in [5, 5.41) is 1.86. The van der Waals surface area contributed by atoms with Gasteiger partial charge >= 0.3 is 0 Å². The highest BCUT2D eigenvalue weighted by Gasteiger charge is 2.37. The Kier molecular flexibility index (Phi) is 8.46.